The summed E-state index contributed by atoms with van der Waals surface area (Å²) in [5.74, 6) is -1.49. The van der Waals surface area contributed by atoms with Gasteiger partial charge in [-0.25, -0.2) is 0 Å². The van der Waals surface area contributed by atoms with Crippen molar-refractivity contribution in [3.05, 3.63) is 47.2 Å². The topological polar surface area (TPSA) is 78.9 Å². The van der Waals surface area contributed by atoms with E-state index in [0.717, 1.165) is 30.6 Å². The third-order valence-electron chi connectivity index (χ3n) is 5.50. The van der Waals surface area contributed by atoms with Gasteiger partial charge in [-0.3, -0.25) is 9.59 Å². The van der Waals surface area contributed by atoms with Gasteiger partial charge in [-0.05, 0) is 37.2 Å². The molecule has 0 atom stereocenters. The summed E-state index contributed by atoms with van der Waals surface area (Å²) in [6.07, 6.45) is -0.992. The lowest BCUT2D eigenvalue weighted by Gasteiger charge is -2.29. The number of nitrogens with zero attached hydrogens (tertiary/aromatic N) is 1. The average molecular weight is 426 g/mol. The van der Waals surface area contributed by atoms with Gasteiger partial charge in [-0.1, -0.05) is 30.3 Å². The first-order chi connectivity index (χ1) is 14.2. The molecule has 9 heteroatoms. The maximum Gasteiger partial charge on any atom is 0.411 e. The Hall–Kier alpha value is -2.55. The number of nitrogens with one attached hydrogen (secondary N) is 1. The Kier molecular flexibility index (Phi) is 7.02. The second-order valence-corrected chi connectivity index (χ2v) is 7.65. The van der Waals surface area contributed by atoms with Crippen LogP contribution in [0, 0.1) is 0 Å². The summed E-state index contributed by atoms with van der Waals surface area (Å²) >= 11 is 0. The number of hydrogen-bond acceptors (Lipinski definition) is 4. The van der Waals surface area contributed by atoms with Crippen LogP contribution in [0.15, 0.2) is 41.7 Å². The fourth-order valence-electron chi connectivity index (χ4n) is 3.91. The molecule has 164 valence electrons. The molecule has 2 amide bonds. The van der Waals surface area contributed by atoms with E-state index < -0.39 is 30.4 Å². The van der Waals surface area contributed by atoms with Gasteiger partial charge in [0.25, 0.3) is 11.8 Å². The molecule has 2 aliphatic rings. The van der Waals surface area contributed by atoms with Crippen molar-refractivity contribution in [2.24, 2.45) is 0 Å². The molecular formula is C21H25F3N2O4. The Morgan fingerprint density at radius 2 is 1.83 bits per heavy atom. The molecule has 30 heavy (non-hydrogen) atoms. The Bertz CT molecular complexity index is 787. The van der Waals surface area contributed by atoms with Crippen molar-refractivity contribution in [1.29, 1.82) is 0 Å². The van der Waals surface area contributed by atoms with E-state index in [1.165, 1.54) is 5.56 Å². The van der Waals surface area contributed by atoms with Crippen molar-refractivity contribution in [2.45, 2.75) is 43.8 Å². The van der Waals surface area contributed by atoms with E-state index in [0.29, 0.717) is 5.92 Å². The molecule has 1 heterocycles. The van der Waals surface area contributed by atoms with E-state index in [1.54, 1.807) is 0 Å². The van der Waals surface area contributed by atoms with E-state index in [2.05, 4.69) is 22.2 Å². The van der Waals surface area contributed by atoms with E-state index >= 15 is 0 Å². The van der Waals surface area contributed by atoms with Crippen LogP contribution in [-0.4, -0.2) is 60.3 Å². The molecular weight excluding hydrogens is 401 g/mol. The zero-order valence-corrected chi connectivity index (χ0v) is 16.5. The lowest BCUT2D eigenvalue weighted by Crippen LogP contribution is -2.39. The Morgan fingerprint density at radius 3 is 2.47 bits per heavy atom. The first kappa shape index (κ1) is 22.1. The second kappa shape index (κ2) is 9.51. The van der Waals surface area contributed by atoms with Gasteiger partial charge in [0.2, 0.25) is 0 Å². The lowest BCUT2D eigenvalue weighted by molar-refractivity contribution is -0.174. The van der Waals surface area contributed by atoms with Gasteiger partial charge in [0.05, 0.1) is 18.7 Å². The van der Waals surface area contributed by atoms with Crippen LogP contribution in [0.3, 0.4) is 0 Å². The van der Waals surface area contributed by atoms with Crippen molar-refractivity contribution in [2.75, 3.05) is 26.3 Å². The van der Waals surface area contributed by atoms with E-state index in [4.69, 9.17) is 0 Å². The maximum atomic E-state index is 12.5. The quantitative estimate of drug-likeness (QED) is 0.657. The molecule has 0 radical (unpaired) electrons. The number of ether oxygens (including phenoxy) is 1. The number of alkyl halides is 3. The van der Waals surface area contributed by atoms with E-state index in [1.807, 2.05) is 18.2 Å². The SMILES string of the molecule is O=C(N[C@H]1CC[C@@H](c2ccccc2)CC1)C1=C(O)C(=O)N(CCOCC(F)(F)F)C1. The summed E-state index contributed by atoms with van der Waals surface area (Å²) < 4.78 is 40.8. The highest BCUT2D eigenvalue weighted by Gasteiger charge is 2.35. The highest BCUT2D eigenvalue weighted by molar-refractivity contribution is 6.07. The molecule has 1 aromatic carbocycles. The van der Waals surface area contributed by atoms with E-state index in [9.17, 15) is 27.9 Å². The Morgan fingerprint density at radius 1 is 1.17 bits per heavy atom. The fraction of sp³-hybridized carbons (Fsp3) is 0.524. The smallest absolute Gasteiger partial charge is 0.411 e. The molecule has 0 unspecified atom stereocenters. The molecule has 0 aromatic heterocycles. The highest BCUT2D eigenvalue weighted by Crippen LogP contribution is 2.33. The molecule has 1 fully saturated rings. The van der Waals surface area contributed by atoms with Crippen LogP contribution in [-0.2, 0) is 14.3 Å². The maximum absolute atomic E-state index is 12.5. The van der Waals surface area contributed by atoms with Crippen LogP contribution in [0.2, 0.25) is 0 Å². The van der Waals surface area contributed by atoms with Crippen molar-refractivity contribution < 1.29 is 32.6 Å². The summed E-state index contributed by atoms with van der Waals surface area (Å²) in [5, 5.41) is 12.9. The van der Waals surface area contributed by atoms with Crippen LogP contribution < -0.4 is 5.32 Å². The zero-order chi connectivity index (χ0) is 21.7. The minimum Gasteiger partial charge on any atom is -0.503 e. The summed E-state index contributed by atoms with van der Waals surface area (Å²) in [5.41, 5.74) is 1.23. The van der Waals surface area contributed by atoms with Crippen molar-refractivity contribution >= 4 is 11.8 Å². The van der Waals surface area contributed by atoms with Gasteiger partial charge in [-0.2, -0.15) is 13.2 Å². The molecule has 6 nitrogen and oxygen atoms in total. The van der Waals surface area contributed by atoms with Crippen LogP contribution in [0.25, 0.3) is 0 Å². The first-order valence-electron chi connectivity index (χ1n) is 9.96. The van der Waals surface area contributed by atoms with Gasteiger partial charge >= 0.3 is 6.18 Å². The summed E-state index contributed by atoms with van der Waals surface area (Å²) in [6.45, 7) is -2.03. The summed E-state index contributed by atoms with van der Waals surface area (Å²) in [6, 6.07) is 10.2. The molecule has 1 aromatic rings. The third kappa shape index (κ3) is 5.75. The third-order valence-corrected chi connectivity index (χ3v) is 5.50. The minimum atomic E-state index is -4.44. The Balaban J connectivity index is 1.45. The largest absolute Gasteiger partial charge is 0.503 e. The van der Waals surface area contributed by atoms with Crippen LogP contribution >= 0.6 is 0 Å². The minimum absolute atomic E-state index is 0.0444. The molecule has 0 bridgehead atoms. The number of carbonyl (C=O) groups excluding carboxylic acids is 2. The zero-order valence-electron chi connectivity index (χ0n) is 16.5. The molecule has 0 spiro atoms. The van der Waals surface area contributed by atoms with Crippen LogP contribution in [0.5, 0.6) is 0 Å². The molecule has 1 saturated carbocycles. The van der Waals surface area contributed by atoms with Crippen molar-refractivity contribution in [1.82, 2.24) is 10.2 Å². The number of aliphatic hydroxyl groups excluding tert-OH is 1. The standard InChI is InChI=1S/C21H25F3N2O4/c22-21(23,24)13-30-11-10-26-12-17(18(27)20(26)29)19(28)25-16-8-6-15(7-9-16)14-4-2-1-3-5-14/h1-5,15-16,27H,6-13H2,(H,25,28)/t15-,16+. The van der Waals surface area contributed by atoms with Crippen molar-refractivity contribution in [3.8, 4) is 0 Å². The molecule has 3 rings (SSSR count). The molecule has 2 N–H and O–H groups in total. The first-order valence-corrected chi connectivity index (χ1v) is 9.96. The normalized spacial score (nSPS) is 22.5. The number of hydrogen-bond donors (Lipinski definition) is 2. The number of amides is 2. The van der Waals surface area contributed by atoms with Crippen LogP contribution in [0.4, 0.5) is 13.2 Å². The van der Waals surface area contributed by atoms with Gasteiger partial charge in [0, 0.05) is 12.6 Å². The molecule has 0 saturated heterocycles. The van der Waals surface area contributed by atoms with Gasteiger partial charge in [0.15, 0.2) is 5.76 Å². The predicted molar refractivity (Wildman–Crippen MR) is 103 cm³/mol. The highest BCUT2D eigenvalue weighted by atomic mass is 19.4. The lowest BCUT2D eigenvalue weighted by atomic mass is 9.82. The number of carbonyl (C=O) groups is 2. The molecule has 1 aliphatic carbocycles. The Labute approximate surface area is 172 Å². The average Bonchev–Trinajstić information content (AvgIpc) is 3.00. The summed E-state index contributed by atoms with van der Waals surface area (Å²) in [7, 11) is 0. The second-order valence-electron chi connectivity index (χ2n) is 7.65. The van der Waals surface area contributed by atoms with Crippen LogP contribution in [0.1, 0.15) is 37.2 Å². The monoisotopic (exact) mass is 426 g/mol. The van der Waals surface area contributed by atoms with Gasteiger partial charge < -0.3 is 20.1 Å². The fourth-order valence-corrected chi connectivity index (χ4v) is 3.91. The molecule has 1 aliphatic heterocycles. The van der Waals surface area contributed by atoms with Gasteiger partial charge in [0.1, 0.15) is 6.61 Å². The number of aliphatic hydroxyl groups is 1. The van der Waals surface area contributed by atoms with Gasteiger partial charge in [-0.15, -0.1) is 0 Å². The van der Waals surface area contributed by atoms with E-state index in [-0.39, 0.29) is 31.3 Å². The van der Waals surface area contributed by atoms with Crippen molar-refractivity contribution in [3.63, 3.8) is 0 Å². The number of halogens is 3. The number of benzene rings is 1. The number of rotatable bonds is 7. The summed E-state index contributed by atoms with van der Waals surface area (Å²) in [4.78, 5) is 25.7. The predicted octanol–water partition coefficient (Wildman–Crippen LogP) is 3.06.